The maximum absolute atomic E-state index is 8.99. The molecular formula is C16H21ClO2Zr. The van der Waals surface area contributed by atoms with E-state index < -0.39 is 0 Å². The zero-order chi connectivity index (χ0) is 13.7. The van der Waals surface area contributed by atoms with Gasteiger partial charge in [0.2, 0.25) is 0 Å². The van der Waals surface area contributed by atoms with E-state index in [4.69, 9.17) is 10.2 Å². The summed E-state index contributed by atoms with van der Waals surface area (Å²) in [6.07, 6.45) is 0. The molecule has 2 N–H and O–H groups in total. The van der Waals surface area contributed by atoms with Crippen LogP contribution in [0.1, 0.15) is 22.3 Å². The van der Waals surface area contributed by atoms with Crippen LogP contribution in [0.4, 0.5) is 0 Å². The van der Waals surface area contributed by atoms with E-state index in [0.717, 1.165) is 16.7 Å². The predicted octanol–water partition coefficient (Wildman–Crippen LogP) is 4.44. The van der Waals surface area contributed by atoms with Crippen LogP contribution in [0.2, 0.25) is 0 Å². The van der Waals surface area contributed by atoms with Crippen molar-refractivity contribution in [2.24, 2.45) is 0 Å². The number of rotatable bonds is 0. The van der Waals surface area contributed by atoms with Gasteiger partial charge in [-0.3, -0.25) is 0 Å². The molecule has 2 aromatic rings. The van der Waals surface area contributed by atoms with Gasteiger partial charge in [-0.2, -0.15) is 0 Å². The topological polar surface area (TPSA) is 40.5 Å². The number of phenolic OH excluding ortho intramolecular Hbond substituents is 2. The zero-order valence-corrected chi connectivity index (χ0v) is 15.5. The minimum absolute atomic E-state index is 0. The minimum Gasteiger partial charge on any atom is -0.508 e. The average molecular weight is 372 g/mol. The Morgan fingerprint density at radius 2 is 1.15 bits per heavy atom. The SMILES string of the molecule is Cc1cc(C)cc(O)c1.Cc1ccc(O)cc1C.Cl.[Zr]. The van der Waals surface area contributed by atoms with Gasteiger partial charge in [-0.15, -0.1) is 12.4 Å². The number of hydrogen-bond acceptors (Lipinski definition) is 2. The third kappa shape index (κ3) is 7.72. The molecule has 0 heterocycles. The fraction of sp³-hybridized carbons (Fsp3) is 0.250. The first-order valence-corrected chi connectivity index (χ1v) is 5.92. The van der Waals surface area contributed by atoms with Crippen LogP contribution in [0.15, 0.2) is 36.4 Å². The van der Waals surface area contributed by atoms with Crippen molar-refractivity contribution in [3.63, 3.8) is 0 Å². The van der Waals surface area contributed by atoms with E-state index in [-0.39, 0.29) is 38.6 Å². The van der Waals surface area contributed by atoms with Crippen molar-refractivity contribution in [2.45, 2.75) is 27.7 Å². The molecule has 20 heavy (non-hydrogen) atoms. The molecule has 0 bridgehead atoms. The predicted molar refractivity (Wildman–Crippen MR) is 82.4 cm³/mol. The van der Waals surface area contributed by atoms with Crippen molar-refractivity contribution in [2.75, 3.05) is 0 Å². The molecule has 0 radical (unpaired) electrons. The van der Waals surface area contributed by atoms with Crippen LogP contribution in [0.3, 0.4) is 0 Å². The van der Waals surface area contributed by atoms with Crippen LogP contribution in [0, 0.1) is 27.7 Å². The molecular weight excluding hydrogens is 351 g/mol. The molecule has 2 rings (SSSR count). The molecule has 0 saturated carbocycles. The second-order valence-corrected chi connectivity index (χ2v) is 4.61. The second kappa shape index (κ2) is 10.0. The summed E-state index contributed by atoms with van der Waals surface area (Å²) in [6, 6.07) is 10.9. The van der Waals surface area contributed by atoms with Crippen molar-refractivity contribution in [3.8, 4) is 11.5 Å². The fourth-order valence-corrected chi connectivity index (χ4v) is 1.68. The molecule has 0 atom stereocenters. The first-order valence-electron chi connectivity index (χ1n) is 5.92. The second-order valence-electron chi connectivity index (χ2n) is 4.61. The molecule has 0 aromatic heterocycles. The summed E-state index contributed by atoms with van der Waals surface area (Å²) in [7, 11) is 0. The summed E-state index contributed by atoms with van der Waals surface area (Å²) >= 11 is 0. The zero-order valence-electron chi connectivity index (χ0n) is 12.3. The first kappa shape index (κ1) is 21.5. The largest absolute Gasteiger partial charge is 0.508 e. The van der Waals surface area contributed by atoms with Crippen molar-refractivity contribution in [1.29, 1.82) is 0 Å². The molecule has 0 saturated heterocycles. The van der Waals surface area contributed by atoms with E-state index in [0.29, 0.717) is 11.5 Å². The standard InChI is InChI=1S/2C8H10O.ClH.Zr/c1-6-3-7(2)5-8(9)4-6;1-6-3-4-8(9)5-7(6)2;;/h2*3-5,9H,1-2H3;1H;. The number of aryl methyl sites for hydroxylation is 4. The number of benzene rings is 2. The summed E-state index contributed by atoms with van der Waals surface area (Å²) < 4.78 is 0. The molecule has 0 aliphatic carbocycles. The molecule has 4 heteroatoms. The minimum atomic E-state index is 0. The van der Waals surface area contributed by atoms with Crippen LogP contribution in [0.25, 0.3) is 0 Å². The number of aromatic hydroxyl groups is 2. The van der Waals surface area contributed by atoms with Gasteiger partial charge in [-0.25, -0.2) is 0 Å². The van der Waals surface area contributed by atoms with Crippen molar-refractivity contribution >= 4 is 12.4 Å². The summed E-state index contributed by atoms with van der Waals surface area (Å²) in [6.45, 7) is 7.93. The maximum atomic E-state index is 8.99. The monoisotopic (exact) mass is 370 g/mol. The summed E-state index contributed by atoms with van der Waals surface area (Å²) in [5.41, 5.74) is 4.56. The molecule has 0 aliphatic rings. The number of halogens is 1. The van der Waals surface area contributed by atoms with E-state index >= 15 is 0 Å². The molecule has 0 amide bonds. The fourth-order valence-electron chi connectivity index (χ4n) is 1.68. The first-order chi connectivity index (χ1) is 8.38. The molecule has 108 valence electrons. The van der Waals surface area contributed by atoms with Crippen LogP contribution in [-0.4, -0.2) is 10.2 Å². The number of hydrogen-bond donors (Lipinski definition) is 2. The Labute approximate surface area is 146 Å². The van der Waals surface area contributed by atoms with Gasteiger partial charge in [-0.05, 0) is 74.2 Å². The van der Waals surface area contributed by atoms with Gasteiger partial charge in [0.25, 0.3) is 0 Å². The molecule has 2 nitrogen and oxygen atoms in total. The number of phenols is 2. The van der Waals surface area contributed by atoms with Crippen LogP contribution in [0.5, 0.6) is 11.5 Å². The van der Waals surface area contributed by atoms with E-state index in [1.165, 1.54) is 5.56 Å². The molecule has 0 unspecified atom stereocenters. The van der Waals surface area contributed by atoms with Crippen molar-refractivity contribution in [1.82, 2.24) is 0 Å². The molecule has 2 aromatic carbocycles. The van der Waals surface area contributed by atoms with E-state index in [9.17, 15) is 0 Å². The Bertz CT molecular complexity index is 492. The van der Waals surface area contributed by atoms with Gasteiger partial charge >= 0.3 is 0 Å². The van der Waals surface area contributed by atoms with Gasteiger partial charge in [0.1, 0.15) is 11.5 Å². The Morgan fingerprint density at radius 3 is 1.50 bits per heavy atom. The molecule has 0 fully saturated rings. The summed E-state index contributed by atoms with van der Waals surface area (Å²) in [5, 5.41) is 17.9. The Hall–Kier alpha value is -0.787. The van der Waals surface area contributed by atoms with E-state index in [2.05, 4.69) is 0 Å². The van der Waals surface area contributed by atoms with E-state index in [1.54, 1.807) is 24.3 Å². The smallest absolute Gasteiger partial charge is 0.116 e. The third-order valence-electron chi connectivity index (χ3n) is 2.70. The van der Waals surface area contributed by atoms with Crippen molar-refractivity contribution < 1.29 is 36.4 Å². The Morgan fingerprint density at radius 1 is 0.650 bits per heavy atom. The van der Waals surface area contributed by atoms with Gasteiger partial charge in [0.05, 0.1) is 0 Å². The summed E-state index contributed by atoms with van der Waals surface area (Å²) in [4.78, 5) is 0. The third-order valence-corrected chi connectivity index (χ3v) is 2.70. The van der Waals surface area contributed by atoms with Crippen LogP contribution in [-0.2, 0) is 26.2 Å². The molecule has 0 spiro atoms. The maximum Gasteiger partial charge on any atom is 0.116 e. The van der Waals surface area contributed by atoms with Crippen molar-refractivity contribution in [3.05, 3.63) is 58.7 Å². The van der Waals surface area contributed by atoms with Gasteiger partial charge in [-0.1, -0.05) is 12.1 Å². The Kier molecular flexibility index (Phi) is 10.8. The van der Waals surface area contributed by atoms with Gasteiger partial charge in [0.15, 0.2) is 0 Å². The average Bonchev–Trinajstić information content (AvgIpc) is 2.23. The normalized spacial score (nSPS) is 8.60. The quantitative estimate of drug-likeness (QED) is 0.718. The Balaban J connectivity index is 0. The van der Waals surface area contributed by atoms with Crippen LogP contribution >= 0.6 is 12.4 Å². The molecule has 0 aliphatic heterocycles. The van der Waals surface area contributed by atoms with E-state index in [1.807, 2.05) is 39.8 Å². The van der Waals surface area contributed by atoms with Gasteiger partial charge in [0, 0.05) is 26.2 Å². The van der Waals surface area contributed by atoms with Crippen LogP contribution < -0.4 is 0 Å². The summed E-state index contributed by atoms with van der Waals surface area (Å²) in [5.74, 6) is 0.700. The van der Waals surface area contributed by atoms with Gasteiger partial charge < -0.3 is 10.2 Å².